The molecule has 2 aliphatic heterocycles. The van der Waals surface area contributed by atoms with Crippen LogP contribution < -0.4 is 0 Å². The van der Waals surface area contributed by atoms with Gasteiger partial charge in [0, 0.05) is 12.8 Å². The van der Waals surface area contributed by atoms with Gasteiger partial charge in [-0.2, -0.15) is 0 Å². The molecule has 0 aromatic carbocycles. The predicted octanol–water partition coefficient (Wildman–Crippen LogP) is 10.4. The lowest BCUT2D eigenvalue weighted by Gasteiger charge is -1.91. The number of hydrogen-bond acceptors (Lipinski definition) is 4. The minimum absolute atomic E-state index is 0.170. The third-order valence-corrected chi connectivity index (χ3v) is 7.37. The van der Waals surface area contributed by atoms with E-state index in [0.717, 1.165) is 25.7 Å². The van der Waals surface area contributed by atoms with Crippen molar-refractivity contribution in [3.63, 3.8) is 0 Å². The Morgan fingerprint density at radius 3 is 1.33 bits per heavy atom. The van der Waals surface area contributed by atoms with E-state index in [1.165, 1.54) is 51.4 Å². The Balaban J connectivity index is 0.000000460. The Labute approximate surface area is 279 Å². The molecule has 0 aromatic heterocycles. The summed E-state index contributed by atoms with van der Waals surface area (Å²) in [6.45, 7) is 4.45. The van der Waals surface area contributed by atoms with Gasteiger partial charge in [0.15, 0.2) is 0 Å². The molecule has 6 nitrogen and oxygen atoms in total. The minimum Gasteiger partial charge on any atom is -0.481 e. The minimum atomic E-state index is -0.733. The van der Waals surface area contributed by atoms with Crippen LogP contribution in [-0.4, -0.2) is 46.6 Å². The van der Waals surface area contributed by atoms with Crippen molar-refractivity contribution in [3.05, 3.63) is 97.2 Å². The van der Waals surface area contributed by atoms with E-state index in [1.807, 2.05) is 48.6 Å². The first-order chi connectivity index (χ1) is 22.5. The van der Waals surface area contributed by atoms with E-state index >= 15 is 0 Å². The molecule has 4 atom stereocenters. The lowest BCUT2D eigenvalue weighted by atomic mass is 10.1. The Morgan fingerprint density at radius 2 is 0.935 bits per heavy atom. The zero-order valence-electron chi connectivity index (χ0n) is 28.4. The Hall–Kier alpha value is -3.22. The average Bonchev–Trinajstić information content (AvgIpc) is 3.96. The molecule has 0 bridgehead atoms. The molecule has 0 radical (unpaired) electrons. The van der Waals surface area contributed by atoms with Gasteiger partial charge in [-0.15, -0.1) is 0 Å². The second-order valence-electron chi connectivity index (χ2n) is 11.7. The maximum atomic E-state index is 10.4. The van der Waals surface area contributed by atoms with Crippen LogP contribution in [0.3, 0.4) is 0 Å². The third-order valence-electron chi connectivity index (χ3n) is 7.37. The second kappa shape index (κ2) is 29.2. The van der Waals surface area contributed by atoms with Crippen molar-refractivity contribution in [2.45, 2.75) is 141 Å². The molecule has 2 aliphatic rings. The Kier molecular flexibility index (Phi) is 25.9. The number of carboxylic acids is 2. The van der Waals surface area contributed by atoms with E-state index in [2.05, 4.69) is 62.5 Å². The van der Waals surface area contributed by atoms with Gasteiger partial charge in [0.25, 0.3) is 0 Å². The van der Waals surface area contributed by atoms with Crippen LogP contribution in [0.15, 0.2) is 97.2 Å². The van der Waals surface area contributed by atoms with E-state index in [9.17, 15) is 9.59 Å². The van der Waals surface area contributed by atoms with Crippen LogP contribution in [0.25, 0.3) is 0 Å². The Bertz CT molecular complexity index is 946. The number of rotatable bonds is 26. The van der Waals surface area contributed by atoms with Crippen LogP contribution in [0.5, 0.6) is 0 Å². The molecular formula is C40H60O6. The number of epoxide rings is 2. The van der Waals surface area contributed by atoms with Gasteiger partial charge in [-0.25, -0.2) is 0 Å². The largest absolute Gasteiger partial charge is 0.481 e. The van der Waals surface area contributed by atoms with Crippen LogP contribution in [0, 0.1) is 0 Å². The smallest absolute Gasteiger partial charge is 0.303 e. The van der Waals surface area contributed by atoms with Crippen molar-refractivity contribution in [1.82, 2.24) is 0 Å². The highest BCUT2D eigenvalue weighted by Gasteiger charge is 2.36. The van der Waals surface area contributed by atoms with Gasteiger partial charge in [-0.3, -0.25) is 9.59 Å². The van der Waals surface area contributed by atoms with Crippen LogP contribution in [-0.2, 0) is 19.1 Å². The van der Waals surface area contributed by atoms with Gasteiger partial charge >= 0.3 is 11.9 Å². The van der Waals surface area contributed by atoms with Crippen LogP contribution in [0.1, 0.15) is 117 Å². The number of aliphatic carboxylic acids is 2. The molecule has 2 saturated heterocycles. The molecule has 0 aromatic rings. The second-order valence-corrected chi connectivity index (χ2v) is 11.7. The van der Waals surface area contributed by atoms with Gasteiger partial charge in [0.05, 0.1) is 12.2 Å². The zero-order valence-corrected chi connectivity index (χ0v) is 28.4. The summed E-state index contributed by atoms with van der Waals surface area (Å²) in [6.07, 6.45) is 49.8. The molecule has 2 fully saturated rings. The van der Waals surface area contributed by atoms with E-state index < -0.39 is 11.9 Å². The maximum absolute atomic E-state index is 10.4. The van der Waals surface area contributed by atoms with E-state index in [0.29, 0.717) is 12.8 Å². The number of carboxylic acid groups (broad SMARTS) is 2. The highest BCUT2D eigenvalue weighted by atomic mass is 16.6. The Morgan fingerprint density at radius 1 is 0.522 bits per heavy atom. The fourth-order valence-corrected chi connectivity index (χ4v) is 4.55. The SMILES string of the molecule is CCCCCC=CCC=CC=CC=CC1OC1CCCC(=O)O.CCCCCC=CCC=CC=CC=C[C@@H]1O[C@H]1CCCC(=O)O. The molecule has 46 heavy (non-hydrogen) atoms. The molecule has 6 heteroatoms. The summed E-state index contributed by atoms with van der Waals surface area (Å²) < 4.78 is 10.9. The number of ether oxygens (including phenoxy) is 2. The quantitative estimate of drug-likeness (QED) is 0.0424. The van der Waals surface area contributed by atoms with Crippen molar-refractivity contribution < 1.29 is 29.3 Å². The molecule has 2 N–H and O–H groups in total. The zero-order chi connectivity index (χ0) is 33.5. The molecule has 0 saturated carbocycles. The highest BCUT2D eigenvalue weighted by Crippen LogP contribution is 2.29. The lowest BCUT2D eigenvalue weighted by molar-refractivity contribution is -0.138. The summed E-state index contributed by atoms with van der Waals surface area (Å²) >= 11 is 0. The van der Waals surface area contributed by atoms with E-state index in [4.69, 9.17) is 19.7 Å². The summed E-state index contributed by atoms with van der Waals surface area (Å²) in [4.78, 5) is 20.8. The van der Waals surface area contributed by atoms with Gasteiger partial charge in [-0.1, -0.05) is 137 Å². The van der Waals surface area contributed by atoms with Gasteiger partial charge in [-0.05, 0) is 64.2 Å². The summed E-state index contributed by atoms with van der Waals surface area (Å²) in [6, 6.07) is 0. The summed E-state index contributed by atoms with van der Waals surface area (Å²) in [5.41, 5.74) is 0. The number of hydrogen-bond donors (Lipinski definition) is 2. The summed E-state index contributed by atoms with van der Waals surface area (Å²) in [7, 11) is 0. The first-order valence-electron chi connectivity index (χ1n) is 17.5. The van der Waals surface area contributed by atoms with Crippen molar-refractivity contribution in [2.24, 2.45) is 0 Å². The number of allylic oxidation sites excluding steroid dienone is 14. The predicted molar refractivity (Wildman–Crippen MR) is 191 cm³/mol. The summed E-state index contributed by atoms with van der Waals surface area (Å²) in [5, 5.41) is 17.1. The van der Waals surface area contributed by atoms with Crippen LogP contribution >= 0.6 is 0 Å². The van der Waals surface area contributed by atoms with E-state index in [-0.39, 0.29) is 37.3 Å². The fourth-order valence-electron chi connectivity index (χ4n) is 4.55. The molecular weight excluding hydrogens is 576 g/mol. The monoisotopic (exact) mass is 636 g/mol. The first kappa shape index (κ1) is 40.8. The van der Waals surface area contributed by atoms with Gasteiger partial charge < -0.3 is 19.7 Å². The molecule has 2 rings (SSSR count). The number of unbranched alkanes of at least 4 members (excludes halogenated alkanes) is 6. The molecule has 0 aliphatic carbocycles. The topological polar surface area (TPSA) is 99.7 Å². The third kappa shape index (κ3) is 27.1. The van der Waals surface area contributed by atoms with Crippen molar-refractivity contribution in [2.75, 3.05) is 0 Å². The highest BCUT2D eigenvalue weighted by molar-refractivity contribution is 5.66. The lowest BCUT2D eigenvalue weighted by Crippen LogP contribution is -1.97. The molecule has 2 unspecified atom stereocenters. The van der Waals surface area contributed by atoms with Gasteiger partial charge in [0.2, 0.25) is 0 Å². The van der Waals surface area contributed by atoms with Crippen molar-refractivity contribution in [3.8, 4) is 0 Å². The first-order valence-corrected chi connectivity index (χ1v) is 17.5. The molecule has 0 amide bonds. The molecule has 0 spiro atoms. The summed E-state index contributed by atoms with van der Waals surface area (Å²) in [5.74, 6) is -1.47. The van der Waals surface area contributed by atoms with Crippen LogP contribution in [0.4, 0.5) is 0 Å². The molecule has 2 heterocycles. The normalized spacial score (nSPS) is 21.3. The van der Waals surface area contributed by atoms with Gasteiger partial charge in [0.1, 0.15) is 12.2 Å². The fraction of sp³-hybridized carbons (Fsp3) is 0.550. The van der Waals surface area contributed by atoms with Crippen molar-refractivity contribution >= 4 is 11.9 Å². The van der Waals surface area contributed by atoms with E-state index in [1.54, 1.807) is 0 Å². The van der Waals surface area contributed by atoms with Crippen LogP contribution in [0.2, 0.25) is 0 Å². The van der Waals surface area contributed by atoms with Crippen molar-refractivity contribution in [1.29, 1.82) is 0 Å². The maximum Gasteiger partial charge on any atom is 0.303 e. The molecule has 256 valence electrons. The average molecular weight is 637 g/mol. The standard InChI is InChI=1S/2C20H30O3/c2*1-2-3-4-5-6-7-8-9-10-11-12-13-15-18-19(23-18)16-14-17-20(21)22/h2*6-7,9-13,15,18-19H,2-5,8,14,16-17H2,1H3,(H,21,22)/t18-,19-;/m0./s1. The number of carbonyl (C=O) groups is 2.